The Kier molecular flexibility index (Phi) is 7.42. The van der Waals surface area contributed by atoms with Crippen LogP contribution in [0.3, 0.4) is 0 Å². The van der Waals surface area contributed by atoms with Crippen LogP contribution in [0.1, 0.15) is 33.6 Å². The summed E-state index contributed by atoms with van der Waals surface area (Å²) in [5.41, 5.74) is 0. The van der Waals surface area contributed by atoms with Crippen LogP contribution in [0, 0.1) is 5.92 Å². The lowest BCUT2D eigenvalue weighted by atomic mass is 9.97. The number of nitrogens with one attached hydrogen (secondary N) is 1. The van der Waals surface area contributed by atoms with E-state index in [1.165, 1.54) is 15.6 Å². The molecule has 1 atom stereocenters. The Morgan fingerprint density at radius 2 is 2.00 bits per heavy atom. The molecular weight excluding hydrogens is 358 g/mol. The number of rotatable bonds is 8. The minimum absolute atomic E-state index is 0.0483. The van der Waals surface area contributed by atoms with Gasteiger partial charge in [-0.2, -0.15) is 4.31 Å². The third-order valence-electron chi connectivity index (χ3n) is 4.92. The van der Waals surface area contributed by atoms with Gasteiger partial charge in [0, 0.05) is 31.6 Å². The largest absolute Gasteiger partial charge is 0.354 e. The Morgan fingerprint density at radius 1 is 1.36 bits per heavy atom. The molecule has 0 spiro atoms. The molecule has 8 heteroatoms. The van der Waals surface area contributed by atoms with E-state index in [1.807, 2.05) is 0 Å². The maximum absolute atomic E-state index is 12.5. The van der Waals surface area contributed by atoms with Gasteiger partial charge in [0.05, 0.1) is 0 Å². The smallest absolute Gasteiger partial charge is 0.252 e. The van der Waals surface area contributed by atoms with Crippen molar-refractivity contribution in [2.45, 2.75) is 43.9 Å². The van der Waals surface area contributed by atoms with E-state index in [0.29, 0.717) is 42.7 Å². The predicted molar refractivity (Wildman–Crippen MR) is 101 cm³/mol. The molecular formula is C17H29N3O3S2. The van der Waals surface area contributed by atoms with Crippen LogP contribution in [0.5, 0.6) is 0 Å². The van der Waals surface area contributed by atoms with Crippen molar-refractivity contribution in [3.63, 3.8) is 0 Å². The van der Waals surface area contributed by atoms with Crippen molar-refractivity contribution in [2.24, 2.45) is 5.92 Å². The van der Waals surface area contributed by atoms with Gasteiger partial charge in [0.25, 0.3) is 10.0 Å². The number of amides is 1. The number of hydrogen-bond acceptors (Lipinski definition) is 5. The Balaban J connectivity index is 1.82. The fraction of sp³-hybridized carbons (Fsp3) is 0.706. The van der Waals surface area contributed by atoms with Crippen molar-refractivity contribution in [1.82, 2.24) is 14.5 Å². The molecule has 0 radical (unpaired) electrons. The average Bonchev–Trinajstić information content (AvgIpc) is 3.16. The first-order valence-corrected chi connectivity index (χ1v) is 11.3. The molecule has 6 nitrogen and oxygen atoms in total. The number of nitrogens with zero attached hydrogens (tertiary/aromatic N) is 2. The molecule has 1 fully saturated rings. The quantitative estimate of drug-likeness (QED) is 0.741. The second kappa shape index (κ2) is 9.12. The van der Waals surface area contributed by atoms with E-state index in [4.69, 9.17) is 0 Å². The van der Waals surface area contributed by atoms with Gasteiger partial charge in [-0.25, -0.2) is 8.42 Å². The highest BCUT2D eigenvalue weighted by atomic mass is 32.2. The molecule has 0 aromatic carbocycles. The topological polar surface area (TPSA) is 69.7 Å². The SMILES string of the molecule is CCN(CC)C(C)CNC(=O)C1CCN(S(=O)(=O)c2cccs2)CC1. The van der Waals surface area contributed by atoms with Crippen LogP contribution in [0.25, 0.3) is 0 Å². The van der Waals surface area contributed by atoms with E-state index in [0.717, 1.165) is 13.1 Å². The van der Waals surface area contributed by atoms with Crippen LogP contribution in [-0.2, 0) is 14.8 Å². The fourth-order valence-corrected chi connectivity index (χ4v) is 5.88. The lowest BCUT2D eigenvalue weighted by molar-refractivity contribution is -0.126. The fourth-order valence-electron chi connectivity index (χ4n) is 3.26. The highest BCUT2D eigenvalue weighted by Crippen LogP contribution is 2.26. The van der Waals surface area contributed by atoms with Gasteiger partial charge in [-0.3, -0.25) is 9.69 Å². The van der Waals surface area contributed by atoms with Gasteiger partial charge in [0.15, 0.2) is 0 Å². The zero-order valence-corrected chi connectivity index (χ0v) is 16.9. The molecule has 2 heterocycles. The summed E-state index contributed by atoms with van der Waals surface area (Å²) in [6, 6.07) is 3.68. The summed E-state index contributed by atoms with van der Waals surface area (Å²) in [7, 11) is -3.40. The Hall–Kier alpha value is -0.960. The van der Waals surface area contributed by atoms with Gasteiger partial charge >= 0.3 is 0 Å². The maximum Gasteiger partial charge on any atom is 0.252 e. The van der Waals surface area contributed by atoms with Crippen LogP contribution >= 0.6 is 11.3 Å². The first kappa shape index (κ1) is 20.4. The first-order chi connectivity index (χ1) is 11.9. The maximum atomic E-state index is 12.5. The molecule has 1 aliphatic heterocycles. The summed E-state index contributed by atoms with van der Waals surface area (Å²) in [6.45, 7) is 9.72. The van der Waals surface area contributed by atoms with Crippen molar-refractivity contribution in [3.05, 3.63) is 17.5 Å². The van der Waals surface area contributed by atoms with E-state index < -0.39 is 10.0 Å². The Bertz CT molecular complexity index is 634. The summed E-state index contributed by atoms with van der Waals surface area (Å²) < 4.78 is 26.9. The summed E-state index contributed by atoms with van der Waals surface area (Å²) in [5.74, 6) is -0.0501. The van der Waals surface area contributed by atoms with E-state index in [2.05, 4.69) is 31.0 Å². The number of carbonyl (C=O) groups is 1. The van der Waals surface area contributed by atoms with E-state index in [-0.39, 0.29) is 11.8 Å². The average molecular weight is 388 g/mol. The summed E-state index contributed by atoms with van der Waals surface area (Å²) in [6.07, 6.45) is 1.16. The number of carbonyl (C=O) groups excluding carboxylic acids is 1. The monoisotopic (exact) mass is 387 g/mol. The van der Waals surface area contributed by atoms with Crippen molar-refractivity contribution < 1.29 is 13.2 Å². The van der Waals surface area contributed by atoms with E-state index in [9.17, 15) is 13.2 Å². The van der Waals surface area contributed by atoms with E-state index >= 15 is 0 Å². The number of piperidine rings is 1. The normalized spacial score (nSPS) is 18.4. The van der Waals surface area contributed by atoms with Gasteiger partial charge in [-0.15, -0.1) is 11.3 Å². The lowest BCUT2D eigenvalue weighted by Crippen LogP contribution is -2.46. The molecule has 1 amide bonds. The standard InChI is InChI=1S/C17H29N3O3S2/c1-4-19(5-2)14(3)13-18-17(21)15-8-10-20(11-9-15)25(22,23)16-7-6-12-24-16/h6-7,12,14-15H,4-5,8-11,13H2,1-3H3,(H,18,21). The summed E-state index contributed by atoms with van der Waals surface area (Å²) in [5, 5.41) is 4.80. The number of likely N-dealkylation sites (N-methyl/N-ethyl adjacent to an activating group) is 1. The summed E-state index contributed by atoms with van der Waals surface area (Å²) in [4.78, 5) is 14.7. The van der Waals surface area contributed by atoms with Gasteiger partial charge in [-0.05, 0) is 44.3 Å². The third kappa shape index (κ3) is 5.03. The number of sulfonamides is 1. The van der Waals surface area contributed by atoms with Crippen LogP contribution in [0.4, 0.5) is 0 Å². The van der Waals surface area contributed by atoms with Gasteiger partial charge in [-0.1, -0.05) is 19.9 Å². The third-order valence-corrected chi connectivity index (χ3v) is 8.19. The molecule has 2 rings (SSSR count). The Morgan fingerprint density at radius 3 is 2.52 bits per heavy atom. The minimum atomic E-state index is -3.40. The minimum Gasteiger partial charge on any atom is -0.354 e. The van der Waals surface area contributed by atoms with Gasteiger partial charge < -0.3 is 5.32 Å². The molecule has 25 heavy (non-hydrogen) atoms. The van der Waals surface area contributed by atoms with Crippen molar-refractivity contribution in [2.75, 3.05) is 32.7 Å². The van der Waals surface area contributed by atoms with Crippen molar-refractivity contribution in [1.29, 1.82) is 0 Å². The molecule has 1 saturated heterocycles. The molecule has 1 aromatic rings. The van der Waals surface area contributed by atoms with Crippen LogP contribution in [0.2, 0.25) is 0 Å². The van der Waals surface area contributed by atoms with E-state index in [1.54, 1.807) is 17.5 Å². The molecule has 0 aliphatic carbocycles. The number of hydrogen-bond donors (Lipinski definition) is 1. The molecule has 1 N–H and O–H groups in total. The molecule has 1 unspecified atom stereocenters. The van der Waals surface area contributed by atoms with Gasteiger partial charge in [0.2, 0.25) is 5.91 Å². The zero-order chi connectivity index (χ0) is 18.4. The van der Waals surface area contributed by atoms with Crippen molar-refractivity contribution in [3.8, 4) is 0 Å². The van der Waals surface area contributed by atoms with Gasteiger partial charge in [0.1, 0.15) is 4.21 Å². The van der Waals surface area contributed by atoms with Crippen LogP contribution < -0.4 is 5.32 Å². The first-order valence-electron chi connectivity index (χ1n) is 8.95. The molecule has 0 bridgehead atoms. The predicted octanol–water partition coefficient (Wildman–Crippen LogP) is 2.00. The molecule has 1 aromatic heterocycles. The van der Waals surface area contributed by atoms with Crippen LogP contribution in [-0.4, -0.2) is 62.3 Å². The van der Waals surface area contributed by atoms with Crippen molar-refractivity contribution >= 4 is 27.3 Å². The highest BCUT2D eigenvalue weighted by molar-refractivity contribution is 7.91. The lowest BCUT2D eigenvalue weighted by Gasteiger charge is -2.31. The summed E-state index contributed by atoms with van der Waals surface area (Å²) >= 11 is 1.24. The second-order valence-electron chi connectivity index (χ2n) is 6.43. The van der Waals surface area contributed by atoms with Crippen LogP contribution in [0.15, 0.2) is 21.7 Å². The highest BCUT2D eigenvalue weighted by Gasteiger charge is 2.32. The second-order valence-corrected chi connectivity index (χ2v) is 9.54. The number of thiophene rings is 1. The Labute approximate surface area is 155 Å². The molecule has 0 saturated carbocycles. The molecule has 1 aliphatic rings. The zero-order valence-electron chi connectivity index (χ0n) is 15.3. The molecule has 142 valence electrons.